The molecule has 2 heterocycles. The Hall–Kier alpha value is -4.10. The molecule has 0 amide bonds. The van der Waals surface area contributed by atoms with Crippen molar-refractivity contribution >= 4 is 39.8 Å². The van der Waals surface area contributed by atoms with Crippen LogP contribution in [-0.4, -0.2) is 45.1 Å². The van der Waals surface area contributed by atoms with E-state index < -0.39 is 17.2 Å². The maximum absolute atomic E-state index is 12.5. The van der Waals surface area contributed by atoms with E-state index in [-0.39, 0.29) is 36.0 Å². The molecule has 1 N–H and O–H groups in total. The summed E-state index contributed by atoms with van der Waals surface area (Å²) < 4.78 is 41.9. The number of imidazole rings is 2. The van der Waals surface area contributed by atoms with Gasteiger partial charge in [0, 0.05) is 45.9 Å². The van der Waals surface area contributed by atoms with Crippen LogP contribution in [0.2, 0.25) is 0 Å². The van der Waals surface area contributed by atoms with Gasteiger partial charge in [-0.3, -0.25) is 18.1 Å². The van der Waals surface area contributed by atoms with Gasteiger partial charge < -0.3 is 23.7 Å². The van der Waals surface area contributed by atoms with Gasteiger partial charge in [0.05, 0.1) is 35.2 Å². The van der Waals surface area contributed by atoms with Gasteiger partial charge in [0.25, 0.3) is 0 Å². The summed E-state index contributed by atoms with van der Waals surface area (Å²) in [5.74, 6) is 0.224. The monoisotopic (exact) mass is 514 g/mol. The van der Waals surface area contributed by atoms with Crippen molar-refractivity contribution in [1.29, 1.82) is 0 Å². The molecule has 0 aliphatic rings. The SMILES string of the molecule is Cn1cnc(N(c2cc3c(cc2Oc2cccc(OCCCC(=O)O)c2)n(C)c(=O)n3C)S(=O)[O-])c1. The van der Waals surface area contributed by atoms with Crippen LogP contribution in [0.25, 0.3) is 11.0 Å². The molecule has 4 aromatic rings. The lowest BCUT2D eigenvalue weighted by molar-refractivity contribution is -0.137. The highest BCUT2D eigenvalue weighted by atomic mass is 32.2. The number of carboxylic acids is 1. The Morgan fingerprint density at radius 2 is 1.83 bits per heavy atom. The van der Waals surface area contributed by atoms with E-state index in [1.165, 1.54) is 15.5 Å². The van der Waals surface area contributed by atoms with Gasteiger partial charge in [0.15, 0.2) is 11.6 Å². The van der Waals surface area contributed by atoms with Gasteiger partial charge in [-0.25, -0.2) is 14.1 Å². The van der Waals surface area contributed by atoms with Crippen LogP contribution in [0.5, 0.6) is 17.2 Å². The molecule has 0 saturated carbocycles. The largest absolute Gasteiger partial charge is 0.755 e. The summed E-state index contributed by atoms with van der Waals surface area (Å²) in [5.41, 5.74) is 0.924. The molecule has 190 valence electrons. The number of aliphatic carboxylic acids is 1. The van der Waals surface area contributed by atoms with Crippen molar-refractivity contribution in [1.82, 2.24) is 18.7 Å². The topological polar surface area (TPSA) is 144 Å². The summed E-state index contributed by atoms with van der Waals surface area (Å²) in [6.45, 7) is 0.210. The summed E-state index contributed by atoms with van der Waals surface area (Å²) in [4.78, 5) is 27.4. The van der Waals surface area contributed by atoms with E-state index >= 15 is 0 Å². The van der Waals surface area contributed by atoms with Crippen LogP contribution in [0.4, 0.5) is 11.5 Å². The number of rotatable bonds is 10. The predicted molar refractivity (Wildman–Crippen MR) is 131 cm³/mol. The average Bonchev–Trinajstić information content (AvgIpc) is 3.34. The Kier molecular flexibility index (Phi) is 7.12. The second-order valence-corrected chi connectivity index (χ2v) is 8.84. The van der Waals surface area contributed by atoms with Crippen molar-refractivity contribution in [3.63, 3.8) is 0 Å². The molecular formula is C23H24N5O7S-. The summed E-state index contributed by atoms with van der Waals surface area (Å²) in [5, 5.41) is 8.77. The maximum Gasteiger partial charge on any atom is 0.328 e. The number of nitrogens with zero attached hydrogens (tertiary/aromatic N) is 5. The number of hydrogen-bond acceptors (Lipinski definition) is 7. The first kappa shape index (κ1) is 25.0. The van der Waals surface area contributed by atoms with Gasteiger partial charge >= 0.3 is 11.7 Å². The smallest absolute Gasteiger partial charge is 0.328 e. The molecule has 12 nitrogen and oxygen atoms in total. The van der Waals surface area contributed by atoms with Crippen LogP contribution < -0.4 is 19.5 Å². The van der Waals surface area contributed by atoms with Crippen LogP contribution in [0.1, 0.15) is 12.8 Å². The molecule has 2 aromatic carbocycles. The van der Waals surface area contributed by atoms with Gasteiger partial charge in [-0.15, -0.1) is 0 Å². The molecule has 13 heteroatoms. The van der Waals surface area contributed by atoms with Gasteiger partial charge in [-0.1, -0.05) is 6.07 Å². The third-order valence-electron chi connectivity index (χ3n) is 5.46. The first-order valence-electron chi connectivity index (χ1n) is 10.8. The number of fused-ring (bicyclic) bond motifs is 1. The van der Waals surface area contributed by atoms with E-state index in [4.69, 9.17) is 14.6 Å². The summed E-state index contributed by atoms with van der Waals surface area (Å²) in [6.07, 6.45) is 3.35. The van der Waals surface area contributed by atoms with Crippen molar-refractivity contribution in [2.75, 3.05) is 10.9 Å². The lowest BCUT2D eigenvalue weighted by atomic mass is 10.2. The zero-order chi connectivity index (χ0) is 26.0. The molecule has 2 aromatic heterocycles. The third kappa shape index (κ3) is 5.11. The standard InChI is InChI=1S/C23H25N5O7S/c1-25-13-21(24-14-25)28(36(32)33)19-11-17-18(27(3)23(31)26(17)2)12-20(19)35-16-7-4-6-15(10-16)34-9-5-8-22(29)30/h4,6-7,10-14H,5,8-9H2,1-3H3,(H,29,30)(H,32,33)/p-1. The van der Waals surface area contributed by atoms with Crippen LogP contribution in [0.3, 0.4) is 0 Å². The number of aryl methyl sites for hydroxylation is 3. The fourth-order valence-electron chi connectivity index (χ4n) is 3.71. The van der Waals surface area contributed by atoms with Crippen LogP contribution in [0, 0.1) is 0 Å². The molecule has 0 radical (unpaired) electrons. The highest BCUT2D eigenvalue weighted by molar-refractivity contribution is 7.81. The van der Waals surface area contributed by atoms with E-state index in [9.17, 15) is 18.4 Å². The van der Waals surface area contributed by atoms with Crippen LogP contribution >= 0.6 is 0 Å². The molecule has 0 spiro atoms. The Morgan fingerprint density at radius 3 is 2.47 bits per heavy atom. The maximum atomic E-state index is 12.5. The third-order valence-corrected chi connectivity index (χ3v) is 6.14. The minimum atomic E-state index is -2.76. The Bertz CT molecular complexity index is 1510. The molecule has 1 atom stereocenters. The lowest BCUT2D eigenvalue weighted by Gasteiger charge is -2.26. The molecule has 4 rings (SSSR count). The summed E-state index contributed by atoms with van der Waals surface area (Å²) in [7, 11) is 4.92. The van der Waals surface area contributed by atoms with Gasteiger partial charge in [-0.05, 0) is 24.6 Å². The van der Waals surface area contributed by atoms with E-state index in [2.05, 4.69) is 4.98 Å². The van der Waals surface area contributed by atoms with Crippen LogP contribution in [0.15, 0.2) is 53.7 Å². The minimum absolute atomic E-state index is 0.00888. The van der Waals surface area contributed by atoms with Crippen molar-refractivity contribution in [3.05, 3.63) is 59.4 Å². The summed E-state index contributed by atoms with van der Waals surface area (Å²) >= 11 is -2.76. The first-order chi connectivity index (χ1) is 17.2. The van der Waals surface area contributed by atoms with Crippen molar-refractivity contribution < 1.29 is 28.1 Å². The molecular weight excluding hydrogens is 490 g/mol. The number of carboxylic acid groups (broad SMARTS) is 1. The first-order valence-corrected chi connectivity index (χ1v) is 11.9. The van der Waals surface area contributed by atoms with Crippen molar-refractivity contribution in [2.45, 2.75) is 12.8 Å². The molecule has 0 saturated heterocycles. The van der Waals surface area contributed by atoms with E-state index in [1.54, 1.807) is 68.3 Å². The number of benzene rings is 2. The van der Waals surface area contributed by atoms with Crippen molar-refractivity contribution in [3.8, 4) is 17.2 Å². The number of ether oxygens (including phenoxy) is 2. The number of hydrogen-bond donors (Lipinski definition) is 1. The number of carbonyl (C=O) groups is 1. The van der Waals surface area contributed by atoms with Gasteiger partial charge in [0.1, 0.15) is 17.2 Å². The molecule has 0 aliphatic carbocycles. The molecule has 0 aliphatic heterocycles. The lowest BCUT2D eigenvalue weighted by Crippen LogP contribution is -2.20. The zero-order valence-electron chi connectivity index (χ0n) is 19.8. The quantitative estimate of drug-likeness (QED) is 0.251. The van der Waals surface area contributed by atoms with E-state index in [0.29, 0.717) is 29.0 Å². The number of anilines is 2. The van der Waals surface area contributed by atoms with Crippen molar-refractivity contribution in [2.24, 2.45) is 21.1 Å². The normalized spacial score (nSPS) is 12.0. The average molecular weight is 515 g/mol. The van der Waals surface area contributed by atoms with E-state index in [0.717, 1.165) is 4.31 Å². The van der Waals surface area contributed by atoms with Crippen LogP contribution in [-0.2, 0) is 37.2 Å². The fourth-order valence-corrected chi connectivity index (χ4v) is 4.26. The minimum Gasteiger partial charge on any atom is -0.755 e. The zero-order valence-corrected chi connectivity index (χ0v) is 20.6. The van der Waals surface area contributed by atoms with E-state index in [1.807, 2.05) is 0 Å². The molecule has 1 unspecified atom stereocenters. The highest BCUT2D eigenvalue weighted by Gasteiger charge is 2.22. The van der Waals surface area contributed by atoms with Gasteiger partial charge in [-0.2, -0.15) is 0 Å². The summed E-state index contributed by atoms with van der Waals surface area (Å²) in [6, 6.07) is 9.82. The Balaban J connectivity index is 1.77. The second-order valence-electron chi connectivity index (χ2n) is 8.04. The fraction of sp³-hybridized carbons (Fsp3) is 0.261. The Morgan fingerprint density at radius 1 is 1.14 bits per heavy atom. The highest BCUT2D eigenvalue weighted by Crippen LogP contribution is 2.40. The van der Waals surface area contributed by atoms with Gasteiger partial charge in [0.2, 0.25) is 0 Å². The molecule has 0 fully saturated rings. The molecule has 36 heavy (non-hydrogen) atoms. The Labute approximate surface area is 208 Å². The second kappa shape index (κ2) is 10.3. The predicted octanol–water partition coefficient (Wildman–Crippen LogP) is 2.58. The molecule has 0 bridgehead atoms. The number of aromatic nitrogens is 4.